The van der Waals surface area contributed by atoms with Crippen molar-refractivity contribution in [3.05, 3.63) is 72.3 Å². The number of nitrogens with one attached hydrogen (secondary N) is 1. The highest BCUT2D eigenvalue weighted by molar-refractivity contribution is 5.87. The van der Waals surface area contributed by atoms with Gasteiger partial charge in [0.2, 0.25) is 5.91 Å². The summed E-state index contributed by atoms with van der Waals surface area (Å²) in [6, 6.07) is 12.9. The number of hydrogen-bond acceptors (Lipinski definition) is 11. The van der Waals surface area contributed by atoms with E-state index in [-0.39, 0.29) is 6.42 Å². The summed E-state index contributed by atoms with van der Waals surface area (Å²) in [5, 5.41) is 24.4. The van der Waals surface area contributed by atoms with Crippen molar-refractivity contribution in [1.82, 2.24) is 24.8 Å². The Hall–Kier alpha value is -4.59. The second kappa shape index (κ2) is 13.2. The van der Waals surface area contributed by atoms with Crippen LogP contribution in [0.5, 0.6) is 11.5 Å². The zero-order chi connectivity index (χ0) is 30.5. The van der Waals surface area contributed by atoms with E-state index in [1.54, 1.807) is 25.0 Å². The number of aliphatic hydroxyl groups is 2. The van der Waals surface area contributed by atoms with Crippen LogP contribution in [-0.2, 0) is 16.0 Å². The van der Waals surface area contributed by atoms with Crippen molar-refractivity contribution in [3.63, 3.8) is 0 Å². The maximum absolute atomic E-state index is 13.7. The fourth-order valence-electron chi connectivity index (χ4n) is 4.98. The minimum atomic E-state index is -1.22. The Labute approximate surface area is 248 Å². The third-order valence-electron chi connectivity index (χ3n) is 7.31. The van der Waals surface area contributed by atoms with Gasteiger partial charge in [0.05, 0.1) is 33.2 Å². The van der Waals surface area contributed by atoms with Crippen molar-refractivity contribution in [2.24, 2.45) is 4.99 Å². The molecular weight excluding hydrogens is 554 g/mol. The average Bonchev–Trinajstić information content (AvgIpc) is 3.59. The number of aromatic nitrogens is 4. The molecule has 0 spiro atoms. The minimum Gasteiger partial charge on any atom is -0.497 e. The number of ether oxygens (including phenoxy) is 3. The number of methoxy groups -OCH3 is 2. The Morgan fingerprint density at radius 2 is 1.77 bits per heavy atom. The first kappa shape index (κ1) is 29.9. The van der Waals surface area contributed by atoms with E-state index in [9.17, 15) is 15.0 Å². The summed E-state index contributed by atoms with van der Waals surface area (Å²) >= 11 is 0. The summed E-state index contributed by atoms with van der Waals surface area (Å²) in [6.45, 7) is -0.429. The SMILES string of the molecule is COc1ccc(C=NC(Cc2ccc(OC)cc2)C(=O)NC2C(CO)OC(n3cnc4c(N(C)C)ncnc43)C2O)cc1. The van der Waals surface area contributed by atoms with Gasteiger partial charge in [-0.15, -0.1) is 0 Å². The van der Waals surface area contributed by atoms with E-state index < -0.39 is 43.0 Å². The van der Waals surface area contributed by atoms with Gasteiger partial charge in [0.1, 0.15) is 36.1 Å². The fraction of sp³-hybridized carbons (Fsp3) is 0.367. The molecule has 3 N–H and O–H groups in total. The first-order valence-corrected chi connectivity index (χ1v) is 13.7. The van der Waals surface area contributed by atoms with E-state index >= 15 is 0 Å². The van der Waals surface area contributed by atoms with Crippen LogP contribution in [0.1, 0.15) is 17.4 Å². The van der Waals surface area contributed by atoms with Gasteiger partial charge in [-0.3, -0.25) is 14.4 Å². The highest BCUT2D eigenvalue weighted by Gasteiger charge is 2.46. The molecule has 13 nitrogen and oxygen atoms in total. The number of amides is 1. The monoisotopic (exact) mass is 589 g/mol. The molecule has 1 aliphatic rings. The van der Waals surface area contributed by atoms with Crippen molar-refractivity contribution in [3.8, 4) is 11.5 Å². The van der Waals surface area contributed by atoms with Crippen LogP contribution in [0.4, 0.5) is 5.82 Å². The van der Waals surface area contributed by atoms with Crippen molar-refractivity contribution in [2.75, 3.05) is 39.8 Å². The number of benzene rings is 2. The summed E-state index contributed by atoms with van der Waals surface area (Å²) in [5.74, 6) is 1.58. The summed E-state index contributed by atoms with van der Waals surface area (Å²) in [6.07, 6.45) is 1.76. The van der Waals surface area contributed by atoms with E-state index in [1.807, 2.05) is 67.5 Å². The van der Waals surface area contributed by atoms with Crippen LogP contribution in [0, 0.1) is 0 Å². The van der Waals surface area contributed by atoms with Gasteiger partial charge in [0.25, 0.3) is 0 Å². The molecule has 2 aromatic carbocycles. The highest BCUT2D eigenvalue weighted by Crippen LogP contribution is 2.32. The van der Waals surface area contributed by atoms with Gasteiger partial charge in [0, 0.05) is 26.7 Å². The van der Waals surface area contributed by atoms with E-state index in [4.69, 9.17) is 14.2 Å². The van der Waals surface area contributed by atoms with Crippen molar-refractivity contribution in [2.45, 2.75) is 36.9 Å². The molecule has 0 radical (unpaired) electrons. The van der Waals surface area contributed by atoms with Crippen LogP contribution in [0.25, 0.3) is 11.2 Å². The van der Waals surface area contributed by atoms with E-state index in [1.165, 1.54) is 12.7 Å². The molecule has 2 aromatic heterocycles. The molecule has 13 heteroatoms. The van der Waals surface area contributed by atoms with Gasteiger partial charge in [-0.2, -0.15) is 0 Å². The van der Waals surface area contributed by atoms with Crippen LogP contribution in [0.3, 0.4) is 0 Å². The number of aliphatic hydroxyl groups excluding tert-OH is 2. The van der Waals surface area contributed by atoms with Gasteiger partial charge >= 0.3 is 0 Å². The molecule has 1 amide bonds. The third kappa shape index (κ3) is 6.43. The van der Waals surface area contributed by atoms with Crippen molar-refractivity contribution in [1.29, 1.82) is 0 Å². The molecule has 1 saturated heterocycles. The van der Waals surface area contributed by atoms with Gasteiger partial charge in [-0.05, 0) is 47.5 Å². The number of fused-ring (bicyclic) bond motifs is 1. The molecule has 226 valence electrons. The second-order valence-corrected chi connectivity index (χ2v) is 10.3. The van der Waals surface area contributed by atoms with Gasteiger partial charge < -0.3 is 34.6 Å². The number of rotatable bonds is 11. The quantitative estimate of drug-likeness (QED) is 0.218. The number of nitrogens with zero attached hydrogens (tertiary/aromatic N) is 6. The predicted molar refractivity (Wildman–Crippen MR) is 160 cm³/mol. The molecule has 43 heavy (non-hydrogen) atoms. The standard InChI is InChI=1S/C30H35N7O6/c1-36(2)27-25-28(33-16-32-27)37(17-34-25)30-26(39)24(23(15-38)43-30)35-29(40)22(13-18-5-9-20(41-3)10-6-18)31-14-19-7-11-21(42-4)12-8-19/h5-12,14,16-17,22-24,26,30,38-39H,13,15H2,1-4H3,(H,35,40). The summed E-state index contributed by atoms with van der Waals surface area (Å²) in [7, 11) is 6.86. The number of anilines is 1. The topological polar surface area (TPSA) is 156 Å². The van der Waals surface area contributed by atoms with E-state index in [0.717, 1.165) is 11.1 Å². The Morgan fingerprint density at radius 1 is 1.09 bits per heavy atom. The zero-order valence-electron chi connectivity index (χ0n) is 24.4. The first-order chi connectivity index (χ1) is 20.8. The smallest absolute Gasteiger partial charge is 0.245 e. The molecular formula is C30H35N7O6. The largest absolute Gasteiger partial charge is 0.497 e. The summed E-state index contributed by atoms with van der Waals surface area (Å²) in [4.78, 5) is 33.2. The molecule has 1 fully saturated rings. The normalized spacial score (nSPS) is 20.8. The molecule has 0 bridgehead atoms. The predicted octanol–water partition coefficient (Wildman–Crippen LogP) is 1.38. The lowest BCUT2D eigenvalue weighted by Crippen LogP contribution is -2.51. The zero-order valence-corrected chi connectivity index (χ0v) is 24.4. The van der Waals surface area contributed by atoms with Crippen LogP contribution >= 0.6 is 0 Å². The number of carbonyl (C=O) groups excluding carboxylic acids is 1. The maximum atomic E-state index is 13.7. The molecule has 1 aliphatic heterocycles. The molecule has 5 rings (SSSR count). The molecule has 3 heterocycles. The number of aliphatic imine (C=N–C) groups is 1. The Balaban J connectivity index is 1.38. The van der Waals surface area contributed by atoms with Crippen molar-refractivity contribution < 1.29 is 29.2 Å². The minimum absolute atomic E-state index is 0.287. The fourth-order valence-corrected chi connectivity index (χ4v) is 4.98. The van der Waals surface area contributed by atoms with Crippen LogP contribution in [-0.4, -0.2) is 101 Å². The van der Waals surface area contributed by atoms with Crippen LogP contribution < -0.4 is 19.7 Å². The third-order valence-corrected chi connectivity index (χ3v) is 7.31. The summed E-state index contributed by atoms with van der Waals surface area (Å²) < 4.78 is 18.1. The highest BCUT2D eigenvalue weighted by atomic mass is 16.5. The molecule has 5 atom stereocenters. The lowest BCUT2D eigenvalue weighted by atomic mass is 10.0. The number of hydrogen-bond donors (Lipinski definition) is 3. The van der Waals surface area contributed by atoms with Crippen LogP contribution in [0.2, 0.25) is 0 Å². The average molecular weight is 590 g/mol. The number of carbonyl (C=O) groups is 1. The van der Waals surface area contributed by atoms with Gasteiger partial charge in [-0.1, -0.05) is 12.1 Å². The first-order valence-electron chi connectivity index (χ1n) is 13.7. The van der Waals surface area contributed by atoms with Crippen molar-refractivity contribution >= 4 is 29.1 Å². The van der Waals surface area contributed by atoms with E-state index in [0.29, 0.717) is 28.5 Å². The van der Waals surface area contributed by atoms with Gasteiger partial charge in [-0.25, -0.2) is 15.0 Å². The lowest BCUT2D eigenvalue weighted by Gasteiger charge is -2.23. The Morgan fingerprint density at radius 3 is 2.40 bits per heavy atom. The Kier molecular flexibility index (Phi) is 9.14. The number of imidazole rings is 1. The molecule has 0 saturated carbocycles. The summed E-state index contributed by atoms with van der Waals surface area (Å²) in [5.41, 5.74) is 2.64. The second-order valence-electron chi connectivity index (χ2n) is 10.3. The van der Waals surface area contributed by atoms with Crippen LogP contribution in [0.15, 0.2) is 66.2 Å². The van der Waals surface area contributed by atoms with Gasteiger partial charge in [0.15, 0.2) is 23.2 Å². The molecule has 4 aromatic rings. The lowest BCUT2D eigenvalue weighted by molar-refractivity contribution is -0.124. The Bertz CT molecular complexity index is 1560. The molecule has 5 unspecified atom stereocenters. The maximum Gasteiger partial charge on any atom is 0.245 e. The molecule has 0 aliphatic carbocycles. The van der Waals surface area contributed by atoms with E-state index in [2.05, 4.69) is 25.3 Å².